The Kier molecular flexibility index (Phi) is 3.36. The van der Waals surface area contributed by atoms with Crippen LogP contribution in [0, 0.1) is 6.92 Å². The Labute approximate surface area is 102 Å². The molecule has 0 aliphatic carbocycles. The van der Waals surface area contributed by atoms with Crippen LogP contribution < -0.4 is 5.32 Å². The van der Waals surface area contributed by atoms with Crippen LogP contribution in [0.15, 0.2) is 6.20 Å². The van der Waals surface area contributed by atoms with Gasteiger partial charge in [0, 0.05) is 39.3 Å². The van der Waals surface area contributed by atoms with Crippen molar-refractivity contribution >= 4 is 11.6 Å². The third-order valence-electron chi connectivity index (χ3n) is 3.31. The number of rotatable bonds is 2. The smallest absolute Gasteiger partial charge is 0.219 e. The first-order valence-corrected chi connectivity index (χ1v) is 6.08. The van der Waals surface area contributed by atoms with Crippen LogP contribution in [0.3, 0.4) is 0 Å². The van der Waals surface area contributed by atoms with Crippen LogP contribution in [0.4, 0.5) is 5.69 Å². The van der Waals surface area contributed by atoms with Crippen molar-refractivity contribution in [3.8, 4) is 0 Å². The maximum Gasteiger partial charge on any atom is 0.219 e. The van der Waals surface area contributed by atoms with E-state index in [9.17, 15) is 4.79 Å². The molecule has 2 rings (SSSR count). The first kappa shape index (κ1) is 12.0. The summed E-state index contributed by atoms with van der Waals surface area (Å²) >= 11 is 0. The second-order valence-electron chi connectivity index (χ2n) is 4.73. The van der Waals surface area contributed by atoms with Gasteiger partial charge in [0.2, 0.25) is 5.91 Å². The first-order chi connectivity index (χ1) is 8.06. The van der Waals surface area contributed by atoms with E-state index in [1.165, 1.54) is 0 Å². The number of nitrogens with one attached hydrogen (secondary N) is 1. The maximum atomic E-state index is 11.2. The minimum absolute atomic E-state index is 0.181. The molecule has 1 N–H and O–H groups in total. The van der Waals surface area contributed by atoms with E-state index < -0.39 is 0 Å². The van der Waals surface area contributed by atoms with Gasteiger partial charge in [0.25, 0.3) is 0 Å². The summed E-state index contributed by atoms with van der Waals surface area (Å²) in [5.41, 5.74) is 2.13. The molecule has 0 bridgehead atoms. The van der Waals surface area contributed by atoms with Crippen molar-refractivity contribution in [2.24, 2.45) is 7.05 Å². The van der Waals surface area contributed by atoms with Crippen molar-refractivity contribution in [3.05, 3.63) is 11.9 Å². The number of hydrogen-bond acceptors (Lipinski definition) is 3. The molecule has 0 radical (unpaired) electrons. The lowest BCUT2D eigenvalue weighted by Gasteiger charge is -2.32. The normalized spacial score (nSPS) is 17.2. The number of aryl methyl sites for hydroxylation is 2. The summed E-state index contributed by atoms with van der Waals surface area (Å²) in [5.74, 6) is 0.181. The van der Waals surface area contributed by atoms with Crippen LogP contribution in [-0.2, 0) is 11.8 Å². The van der Waals surface area contributed by atoms with Crippen LogP contribution in [0.2, 0.25) is 0 Å². The molecule has 17 heavy (non-hydrogen) atoms. The van der Waals surface area contributed by atoms with Gasteiger partial charge in [0.05, 0.1) is 11.4 Å². The monoisotopic (exact) mass is 236 g/mol. The van der Waals surface area contributed by atoms with Gasteiger partial charge in [-0.25, -0.2) is 0 Å². The molecule has 1 saturated heterocycles. The molecule has 0 atom stereocenters. The molecule has 1 aliphatic heterocycles. The number of aromatic nitrogens is 2. The molecule has 5 nitrogen and oxygen atoms in total. The lowest BCUT2D eigenvalue weighted by Crippen LogP contribution is -2.41. The minimum Gasteiger partial charge on any atom is -0.379 e. The van der Waals surface area contributed by atoms with Gasteiger partial charge in [0.15, 0.2) is 0 Å². The standard InChI is InChI=1S/C12H20N4O/c1-9-12(8-15(3)14-9)13-11-4-6-16(7-5-11)10(2)17/h8,11,13H,4-7H2,1-3H3. The van der Waals surface area contributed by atoms with Crippen molar-refractivity contribution in [3.63, 3.8) is 0 Å². The molecular weight excluding hydrogens is 216 g/mol. The fourth-order valence-corrected chi connectivity index (χ4v) is 2.30. The van der Waals surface area contributed by atoms with Crippen molar-refractivity contribution in [2.45, 2.75) is 32.7 Å². The molecule has 94 valence electrons. The van der Waals surface area contributed by atoms with Crippen molar-refractivity contribution in [1.29, 1.82) is 0 Å². The summed E-state index contributed by atoms with van der Waals surface area (Å²) in [7, 11) is 1.93. The summed E-state index contributed by atoms with van der Waals surface area (Å²) in [6.45, 7) is 5.35. The summed E-state index contributed by atoms with van der Waals surface area (Å²) < 4.78 is 1.82. The molecule has 0 unspecified atom stereocenters. The number of anilines is 1. The molecule has 5 heteroatoms. The highest BCUT2D eigenvalue weighted by molar-refractivity contribution is 5.73. The highest BCUT2D eigenvalue weighted by Crippen LogP contribution is 2.18. The molecule has 0 saturated carbocycles. The lowest BCUT2D eigenvalue weighted by atomic mass is 10.0. The summed E-state index contributed by atoms with van der Waals surface area (Å²) in [5, 5.41) is 7.82. The summed E-state index contributed by atoms with van der Waals surface area (Å²) in [4.78, 5) is 13.1. The Morgan fingerprint density at radius 3 is 2.59 bits per heavy atom. The highest BCUT2D eigenvalue weighted by atomic mass is 16.2. The number of carbonyl (C=O) groups is 1. The van der Waals surface area contributed by atoms with Gasteiger partial charge in [-0.05, 0) is 19.8 Å². The average molecular weight is 236 g/mol. The van der Waals surface area contributed by atoms with E-state index in [4.69, 9.17) is 0 Å². The second-order valence-corrected chi connectivity index (χ2v) is 4.73. The number of carbonyl (C=O) groups excluding carboxylic acids is 1. The lowest BCUT2D eigenvalue weighted by molar-refractivity contribution is -0.129. The first-order valence-electron chi connectivity index (χ1n) is 6.08. The topological polar surface area (TPSA) is 50.2 Å². The SMILES string of the molecule is CC(=O)N1CCC(Nc2cn(C)nc2C)CC1. The predicted octanol–water partition coefficient (Wildman–Crippen LogP) is 1.15. The molecular formula is C12H20N4O. The van der Waals surface area contributed by atoms with Gasteiger partial charge in [0.1, 0.15) is 0 Å². The average Bonchev–Trinajstić information content (AvgIpc) is 2.58. The number of hydrogen-bond donors (Lipinski definition) is 1. The molecule has 2 heterocycles. The maximum absolute atomic E-state index is 11.2. The Morgan fingerprint density at radius 2 is 2.12 bits per heavy atom. The molecule has 1 aromatic rings. The molecule has 1 aliphatic rings. The van der Waals surface area contributed by atoms with Crippen LogP contribution in [0.5, 0.6) is 0 Å². The predicted molar refractivity (Wildman–Crippen MR) is 66.8 cm³/mol. The van der Waals surface area contributed by atoms with Crippen molar-refractivity contribution < 1.29 is 4.79 Å². The third-order valence-corrected chi connectivity index (χ3v) is 3.31. The van der Waals surface area contributed by atoms with E-state index in [2.05, 4.69) is 10.4 Å². The molecule has 0 spiro atoms. The Hall–Kier alpha value is -1.52. The minimum atomic E-state index is 0.181. The van der Waals surface area contributed by atoms with E-state index in [-0.39, 0.29) is 5.91 Å². The molecule has 1 aromatic heterocycles. The van der Waals surface area contributed by atoms with Gasteiger partial charge >= 0.3 is 0 Å². The number of likely N-dealkylation sites (tertiary alicyclic amines) is 1. The summed E-state index contributed by atoms with van der Waals surface area (Å²) in [6.07, 6.45) is 4.02. The third kappa shape index (κ3) is 2.78. The zero-order chi connectivity index (χ0) is 12.4. The number of amides is 1. The van der Waals surface area contributed by atoms with Gasteiger partial charge in [-0.2, -0.15) is 5.10 Å². The molecule has 1 amide bonds. The van der Waals surface area contributed by atoms with Gasteiger partial charge in [-0.1, -0.05) is 0 Å². The summed E-state index contributed by atoms with van der Waals surface area (Å²) in [6, 6.07) is 0.452. The molecule has 1 fully saturated rings. The van der Waals surface area contributed by atoms with E-state index in [0.717, 1.165) is 37.3 Å². The molecule has 0 aromatic carbocycles. The Balaban J connectivity index is 1.90. The Morgan fingerprint density at radius 1 is 1.47 bits per heavy atom. The number of nitrogens with zero attached hydrogens (tertiary/aromatic N) is 3. The van der Waals surface area contributed by atoms with E-state index in [1.54, 1.807) is 6.92 Å². The van der Waals surface area contributed by atoms with Gasteiger partial charge < -0.3 is 10.2 Å². The highest BCUT2D eigenvalue weighted by Gasteiger charge is 2.21. The second kappa shape index (κ2) is 4.77. The van der Waals surface area contributed by atoms with Crippen LogP contribution in [0.25, 0.3) is 0 Å². The van der Waals surface area contributed by atoms with Crippen LogP contribution in [-0.4, -0.2) is 39.7 Å². The fraction of sp³-hybridized carbons (Fsp3) is 0.667. The van der Waals surface area contributed by atoms with Crippen LogP contribution >= 0.6 is 0 Å². The zero-order valence-corrected chi connectivity index (χ0v) is 10.7. The number of piperidine rings is 1. The van der Waals surface area contributed by atoms with Crippen molar-refractivity contribution in [2.75, 3.05) is 18.4 Å². The zero-order valence-electron chi connectivity index (χ0n) is 10.7. The van der Waals surface area contributed by atoms with E-state index in [1.807, 2.05) is 29.7 Å². The Bertz CT molecular complexity index is 405. The van der Waals surface area contributed by atoms with E-state index >= 15 is 0 Å². The van der Waals surface area contributed by atoms with Gasteiger partial charge in [-0.15, -0.1) is 0 Å². The quantitative estimate of drug-likeness (QED) is 0.838. The van der Waals surface area contributed by atoms with Crippen molar-refractivity contribution in [1.82, 2.24) is 14.7 Å². The van der Waals surface area contributed by atoms with E-state index in [0.29, 0.717) is 6.04 Å². The fourth-order valence-electron chi connectivity index (χ4n) is 2.30. The largest absolute Gasteiger partial charge is 0.379 e. The van der Waals surface area contributed by atoms with Gasteiger partial charge in [-0.3, -0.25) is 9.48 Å². The van der Waals surface area contributed by atoms with Crippen LogP contribution in [0.1, 0.15) is 25.5 Å².